The van der Waals surface area contributed by atoms with Crippen molar-refractivity contribution in [3.8, 4) is 0 Å². The van der Waals surface area contributed by atoms with Crippen molar-refractivity contribution in [3.63, 3.8) is 0 Å². The maximum Gasteiger partial charge on any atom is 0.326 e. The number of hydrogen-bond acceptors (Lipinski definition) is 3. The van der Waals surface area contributed by atoms with E-state index in [4.69, 9.17) is 4.74 Å². The third kappa shape index (κ3) is 2.05. The fourth-order valence-electron chi connectivity index (χ4n) is 3.24. The SMILES string of the molecule is COC1c2ccccc2CC1NC(=O)n1ccc2sccc21. The van der Waals surface area contributed by atoms with Gasteiger partial charge in [-0.2, -0.15) is 0 Å². The van der Waals surface area contributed by atoms with Crippen LogP contribution in [0.5, 0.6) is 0 Å². The van der Waals surface area contributed by atoms with Gasteiger partial charge >= 0.3 is 6.03 Å². The first-order valence-corrected chi connectivity index (χ1v) is 8.12. The molecule has 22 heavy (non-hydrogen) atoms. The number of nitrogens with one attached hydrogen (secondary N) is 1. The molecule has 4 rings (SSSR count). The molecule has 0 spiro atoms. The van der Waals surface area contributed by atoms with Gasteiger partial charge in [0.05, 0.1) is 16.3 Å². The molecule has 1 aliphatic carbocycles. The summed E-state index contributed by atoms with van der Waals surface area (Å²) in [7, 11) is 1.69. The van der Waals surface area contributed by atoms with Crippen molar-refractivity contribution in [2.24, 2.45) is 0 Å². The van der Waals surface area contributed by atoms with Crippen molar-refractivity contribution in [2.45, 2.75) is 18.6 Å². The molecule has 1 aromatic carbocycles. The molecule has 0 saturated carbocycles. The molecule has 112 valence electrons. The number of ether oxygens (including phenoxy) is 1. The van der Waals surface area contributed by atoms with E-state index in [1.807, 2.05) is 35.8 Å². The summed E-state index contributed by atoms with van der Waals surface area (Å²) < 4.78 is 8.41. The highest BCUT2D eigenvalue weighted by molar-refractivity contribution is 7.17. The molecule has 1 amide bonds. The number of fused-ring (bicyclic) bond motifs is 2. The van der Waals surface area contributed by atoms with Gasteiger partial charge in [0.1, 0.15) is 6.10 Å². The summed E-state index contributed by atoms with van der Waals surface area (Å²) in [5, 5.41) is 5.11. The highest BCUT2D eigenvalue weighted by Crippen LogP contribution is 2.33. The van der Waals surface area contributed by atoms with Gasteiger partial charge < -0.3 is 10.1 Å². The lowest BCUT2D eigenvalue weighted by molar-refractivity contribution is 0.0811. The van der Waals surface area contributed by atoms with Crippen LogP contribution in [0, 0.1) is 0 Å². The van der Waals surface area contributed by atoms with E-state index in [2.05, 4.69) is 17.4 Å². The van der Waals surface area contributed by atoms with E-state index in [1.165, 1.54) is 11.1 Å². The van der Waals surface area contributed by atoms with Crippen LogP contribution in [-0.2, 0) is 11.2 Å². The van der Waals surface area contributed by atoms with Crippen molar-refractivity contribution >= 4 is 27.6 Å². The van der Waals surface area contributed by atoms with Crippen LogP contribution in [0.4, 0.5) is 4.79 Å². The smallest absolute Gasteiger partial charge is 0.326 e. The molecule has 0 aliphatic heterocycles. The number of rotatable bonds is 2. The molecule has 2 heterocycles. The fraction of sp³-hybridized carbons (Fsp3) is 0.235. The van der Waals surface area contributed by atoms with E-state index >= 15 is 0 Å². The predicted octanol–water partition coefficient (Wildman–Crippen LogP) is 3.57. The third-order valence-corrected chi connectivity index (χ3v) is 5.13. The lowest BCUT2D eigenvalue weighted by atomic mass is 10.1. The van der Waals surface area contributed by atoms with Crippen molar-refractivity contribution in [1.82, 2.24) is 9.88 Å². The molecule has 0 bridgehead atoms. The van der Waals surface area contributed by atoms with Crippen LogP contribution in [0.2, 0.25) is 0 Å². The van der Waals surface area contributed by atoms with Crippen molar-refractivity contribution in [1.29, 1.82) is 0 Å². The normalized spacial score (nSPS) is 20.2. The number of amides is 1. The summed E-state index contributed by atoms with van der Waals surface area (Å²) >= 11 is 1.64. The first-order valence-electron chi connectivity index (χ1n) is 7.24. The van der Waals surface area contributed by atoms with E-state index in [9.17, 15) is 4.79 Å². The monoisotopic (exact) mass is 312 g/mol. The van der Waals surface area contributed by atoms with Crippen molar-refractivity contribution in [2.75, 3.05) is 7.11 Å². The lowest BCUT2D eigenvalue weighted by Gasteiger charge is -2.20. The zero-order valence-corrected chi connectivity index (χ0v) is 13.0. The van der Waals surface area contributed by atoms with Gasteiger partial charge in [-0.05, 0) is 35.1 Å². The van der Waals surface area contributed by atoms with E-state index in [0.717, 1.165) is 16.6 Å². The van der Waals surface area contributed by atoms with Gasteiger partial charge in [0, 0.05) is 13.3 Å². The van der Waals surface area contributed by atoms with Crippen LogP contribution in [0.25, 0.3) is 10.2 Å². The molecule has 1 N–H and O–H groups in total. The molecule has 2 aromatic heterocycles. The summed E-state index contributed by atoms with van der Waals surface area (Å²) in [5.41, 5.74) is 3.36. The largest absolute Gasteiger partial charge is 0.375 e. The molecule has 0 saturated heterocycles. The molecule has 3 aromatic rings. The molecular weight excluding hydrogens is 296 g/mol. The maximum atomic E-state index is 12.6. The number of carbonyl (C=O) groups is 1. The Morgan fingerprint density at radius 2 is 2.18 bits per heavy atom. The second-order valence-electron chi connectivity index (χ2n) is 5.47. The van der Waals surface area contributed by atoms with Crippen LogP contribution in [-0.4, -0.2) is 23.7 Å². The average molecular weight is 312 g/mol. The quantitative estimate of drug-likeness (QED) is 0.786. The average Bonchev–Trinajstić information content (AvgIpc) is 3.19. The second kappa shape index (κ2) is 5.26. The Morgan fingerprint density at radius 3 is 3.05 bits per heavy atom. The number of thiophene rings is 1. The van der Waals surface area contributed by atoms with Gasteiger partial charge in [-0.3, -0.25) is 4.57 Å². The highest BCUT2D eigenvalue weighted by atomic mass is 32.1. The summed E-state index contributed by atoms with van der Waals surface area (Å²) in [6.07, 6.45) is 2.53. The summed E-state index contributed by atoms with van der Waals surface area (Å²) in [4.78, 5) is 12.6. The zero-order valence-electron chi connectivity index (χ0n) is 12.2. The molecule has 0 fully saturated rings. The number of nitrogens with zero attached hydrogens (tertiary/aromatic N) is 1. The Balaban J connectivity index is 1.59. The first kappa shape index (κ1) is 13.5. The number of benzene rings is 1. The molecular formula is C17H16N2O2S. The Bertz CT molecular complexity index is 836. The first-order chi connectivity index (χ1) is 10.8. The Hall–Kier alpha value is -2.11. The van der Waals surface area contributed by atoms with Crippen LogP contribution < -0.4 is 5.32 Å². The Kier molecular flexibility index (Phi) is 3.24. The Morgan fingerprint density at radius 1 is 1.32 bits per heavy atom. The minimum atomic E-state index is -0.103. The van der Waals surface area contributed by atoms with Crippen LogP contribution in [0.3, 0.4) is 0 Å². The standard InChI is InChI=1S/C17H16N2O2S/c1-21-16-12-5-3-2-4-11(12)10-13(16)18-17(20)19-8-6-15-14(19)7-9-22-15/h2-9,13,16H,10H2,1H3,(H,18,20). The van der Waals surface area contributed by atoms with E-state index in [-0.39, 0.29) is 18.2 Å². The van der Waals surface area contributed by atoms with Crippen LogP contribution >= 0.6 is 11.3 Å². The maximum absolute atomic E-state index is 12.6. The molecule has 4 nitrogen and oxygen atoms in total. The minimum absolute atomic E-state index is 0.0361. The second-order valence-corrected chi connectivity index (χ2v) is 6.42. The predicted molar refractivity (Wildman–Crippen MR) is 87.4 cm³/mol. The van der Waals surface area contributed by atoms with Gasteiger partial charge in [-0.25, -0.2) is 4.79 Å². The number of hydrogen-bond donors (Lipinski definition) is 1. The zero-order chi connectivity index (χ0) is 15.1. The number of methoxy groups -OCH3 is 1. The van der Waals surface area contributed by atoms with Crippen molar-refractivity contribution in [3.05, 3.63) is 59.1 Å². The summed E-state index contributed by atoms with van der Waals surface area (Å²) in [6, 6.07) is 12.0. The van der Waals surface area contributed by atoms with Gasteiger partial charge in [-0.1, -0.05) is 24.3 Å². The Labute approximate surface area is 132 Å². The lowest BCUT2D eigenvalue weighted by Crippen LogP contribution is -2.40. The number of carbonyl (C=O) groups excluding carboxylic acids is 1. The molecule has 0 radical (unpaired) electrons. The highest BCUT2D eigenvalue weighted by Gasteiger charge is 2.33. The van der Waals surface area contributed by atoms with E-state index in [1.54, 1.807) is 23.0 Å². The number of aromatic nitrogens is 1. The van der Waals surface area contributed by atoms with Crippen LogP contribution in [0.15, 0.2) is 48.0 Å². The van der Waals surface area contributed by atoms with E-state index in [0.29, 0.717) is 0 Å². The van der Waals surface area contributed by atoms with Gasteiger partial charge in [0.15, 0.2) is 0 Å². The fourth-order valence-corrected chi connectivity index (χ4v) is 4.01. The molecule has 1 aliphatic rings. The van der Waals surface area contributed by atoms with Gasteiger partial charge in [0.25, 0.3) is 0 Å². The minimum Gasteiger partial charge on any atom is -0.375 e. The third-order valence-electron chi connectivity index (χ3n) is 4.26. The summed E-state index contributed by atoms with van der Waals surface area (Å²) in [6.45, 7) is 0. The summed E-state index contributed by atoms with van der Waals surface area (Å²) in [5.74, 6) is 0. The molecule has 2 unspecified atom stereocenters. The van der Waals surface area contributed by atoms with E-state index < -0.39 is 0 Å². The van der Waals surface area contributed by atoms with Crippen LogP contribution in [0.1, 0.15) is 17.2 Å². The topological polar surface area (TPSA) is 43.3 Å². The van der Waals surface area contributed by atoms with Gasteiger partial charge in [-0.15, -0.1) is 11.3 Å². The van der Waals surface area contributed by atoms with Gasteiger partial charge in [0.2, 0.25) is 0 Å². The van der Waals surface area contributed by atoms with Crippen molar-refractivity contribution < 1.29 is 9.53 Å². The molecule has 2 atom stereocenters. The molecule has 5 heteroatoms.